The third-order valence-corrected chi connectivity index (χ3v) is 3.64. The topological polar surface area (TPSA) is 107 Å². The normalized spacial score (nSPS) is 10.6. The molecule has 0 aliphatic carbocycles. The predicted molar refractivity (Wildman–Crippen MR) is 93.8 cm³/mol. The lowest BCUT2D eigenvalue weighted by molar-refractivity contribution is 0.0526. The Morgan fingerprint density at radius 1 is 1.32 bits per heavy atom. The number of benzene rings is 1. The van der Waals surface area contributed by atoms with Crippen molar-refractivity contribution < 1.29 is 18.7 Å². The fourth-order valence-electron chi connectivity index (χ4n) is 2.25. The number of fused-ring (bicyclic) bond motifs is 1. The monoisotopic (exact) mass is 359 g/mol. The zero-order chi connectivity index (χ0) is 18.0. The number of rotatable bonds is 4. The number of furan rings is 1. The Hall–Kier alpha value is -3.06. The largest absolute Gasteiger partial charge is 0.462 e. The second-order valence-electron chi connectivity index (χ2n) is 5.09. The van der Waals surface area contributed by atoms with E-state index in [2.05, 4.69) is 10.3 Å². The van der Waals surface area contributed by atoms with Gasteiger partial charge in [-0.25, -0.2) is 9.78 Å². The Bertz CT molecular complexity index is 950. The van der Waals surface area contributed by atoms with Gasteiger partial charge >= 0.3 is 5.97 Å². The lowest BCUT2D eigenvalue weighted by Gasteiger charge is -2.02. The Morgan fingerprint density at radius 3 is 2.80 bits per heavy atom. The number of anilines is 2. The second kappa shape index (κ2) is 6.82. The summed E-state index contributed by atoms with van der Waals surface area (Å²) in [6, 6.07) is 7.79. The highest BCUT2D eigenvalue weighted by molar-refractivity contribution is 6.30. The van der Waals surface area contributed by atoms with Crippen LogP contribution in [0.15, 0.2) is 40.9 Å². The molecule has 0 aliphatic heterocycles. The molecule has 3 N–H and O–H groups in total. The molecule has 0 spiro atoms. The van der Waals surface area contributed by atoms with Crippen molar-refractivity contribution in [2.24, 2.45) is 0 Å². The van der Waals surface area contributed by atoms with Gasteiger partial charge in [0.1, 0.15) is 11.4 Å². The molecule has 3 rings (SSSR count). The fourth-order valence-corrected chi connectivity index (χ4v) is 2.36. The van der Waals surface area contributed by atoms with Crippen molar-refractivity contribution in [2.45, 2.75) is 6.92 Å². The number of carbonyl (C=O) groups is 2. The minimum absolute atomic E-state index is 0.0623. The molecular formula is C17H14ClN3O4. The zero-order valence-electron chi connectivity index (χ0n) is 13.2. The summed E-state index contributed by atoms with van der Waals surface area (Å²) in [4.78, 5) is 28.2. The highest BCUT2D eigenvalue weighted by Gasteiger charge is 2.20. The standard InChI is InChI=1S/C17H14ClN3O4/c1-2-24-17(23)9-3-5-12-11(7-9)14(19)15(25-12)16(22)21-13-6-4-10(18)8-20-13/h3-8H,2,19H2,1H3,(H,20,21,22). The van der Waals surface area contributed by atoms with Gasteiger partial charge in [-0.1, -0.05) is 11.6 Å². The maximum atomic E-state index is 12.4. The number of esters is 1. The van der Waals surface area contributed by atoms with Crippen LogP contribution < -0.4 is 11.1 Å². The Balaban J connectivity index is 1.91. The lowest BCUT2D eigenvalue weighted by atomic mass is 10.1. The van der Waals surface area contributed by atoms with Crippen LogP contribution in [-0.2, 0) is 4.74 Å². The summed E-state index contributed by atoms with van der Waals surface area (Å²) >= 11 is 5.76. The van der Waals surface area contributed by atoms with E-state index in [-0.39, 0.29) is 18.1 Å². The van der Waals surface area contributed by atoms with Crippen LogP contribution in [0.3, 0.4) is 0 Å². The van der Waals surface area contributed by atoms with Crippen molar-refractivity contribution >= 4 is 46.0 Å². The SMILES string of the molecule is CCOC(=O)c1ccc2oc(C(=O)Nc3ccc(Cl)cn3)c(N)c2c1. The molecule has 3 aromatic rings. The molecule has 25 heavy (non-hydrogen) atoms. The van der Waals surface area contributed by atoms with Crippen LogP contribution in [0.1, 0.15) is 27.8 Å². The fraction of sp³-hybridized carbons (Fsp3) is 0.118. The van der Waals surface area contributed by atoms with E-state index in [1.165, 1.54) is 12.3 Å². The summed E-state index contributed by atoms with van der Waals surface area (Å²) in [6.45, 7) is 1.98. The van der Waals surface area contributed by atoms with Gasteiger partial charge in [0.25, 0.3) is 5.91 Å². The van der Waals surface area contributed by atoms with Crippen molar-refractivity contribution in [3.8, 4) is 0 Å². The molecule has 2 aromatic heterocycles. The van der Waals surface area contributed by atoms with Crippen molar-refractivity contribution in [3.63, 3.8) is 0 Å². The molecule has 2 heterocycles. The minimum atomic E-state index is -0.554. The second-order valence-corrected chi connectivity index (χ2v) is 5.53. The third-order valence-electron chi connectivity index (χ3n) is 3.41. The number of aromatic nitrogens is 1. The highest BCUT2D eigenvalue weighted by atomic mass is 35.5. The van der Waals surface area contributed by atoms with Crippen LogP contribution in [0, 0.1) is 0 Å². The number of nitrogen functional groups attached to an aromatic ring is 1. The van der Waals surface area contributed by atoms with Gasteiger partial charge in [0.15, 0.2) is 0 Å². The first-order chi connectivity index (χ1) is 12.0. The number of hydrogen-bond acceptors (Lipinski definition) is 6. The van der Waals surface area contributed by atoms with Crippen LogP contribution in [0.5, 0.6) is 0 Å². The van der Waals surface area contributed by atoms with Crippen molar-refractivity contribution in [3.05, 3.63) is 52.9 Å². The van der Waals surface area contributed by atoms with E-state index < -0.39 is 11.9 Å². The molecule has 0 saturated heterocycles. The summed E-state index contributed by atoms with van der Waals surface area (Å²) in [5.41, 5.74) is 6.86. The van der Waals surface area contributed by atoms with E-state index in [0.29, 0.717) is 27.4 Å². The summed E-state index contributed by atoms with van der Waals surface area (Å²) in [6.07, 6.45) is 1.41. The van der Waals surface area contributed by atoms with E-state index >= 15 is 0 Å². The van der Waals surface area contributed by atoms with Crippen molar-refractivity contribution in [1.82, 2.24) is 4.98 Å². The van der Waals surface area contributed by atoms with Gasteiger partial charge < -0.3 is 20.2 Å². The summed E-state index contributed by atoms with van der Waals surface area (Å²) in [5, 5.41) is 3.48. The van der Waals surface area contributed by atoms with Crippen molar-refractivity contribution in [1.29, 1.82) is 0 Å². The summed E-state index contributed by atoms with van der Waals surface area (Å²) < 4.78 is 10.5. The molecule has 1 aromatic carbocycles. The number of carbonyl (C=O) groups excluding carboxylic acids is 2. The molecular weight excluding hydrogens is 346 g/mol. The van der Waals surface area contributed by atoms with Gasteiger partial charge in [0.2, 0.25) is 5.76 Å². The minimum Gasteiger partial charge on any atom is -0.462 e. The molecule has 7 nitrogen and oxygen atoms in total. The number of ether oxygens (including phenoxy) is 1. The average Bonchev–Trinajstić information content (AvgIpc) is 2.93. The van der Waals surface area contributed by atoms with E-state index in [0.717, 1.165) is 0 Å². The molecule has 0 aliphatic rings. The summed E-state index contributed by atoms with van der Waals surface area (Å²) in [7, 11) is 0. The molecule has 8 heteroatoms. The summed E-state index contributed by atoms with van der Waals surface area (Å²) in [5.74, 6) is -0.781. The molecule has 0 radical (unpaired) electrons. The van der Waals surface area contributed by atoms with Crippen LogP contribution in [0.2, 0.25) is 5.02 Å². The van der Waals surface area contributed by atoms with Crippen molar-refractivity contribution in [2.75, 3.05) is 17.7 Å². The van der Waals surface area contributed by atoms with Gasteiger partial charge in [-0.3, -0.25) is 4.79 Å². The highest BCUT2D eigenvalue weighted by Crippen LogP contribution is 2.30. The Kier molecular flexibility index (Phi) is 4.58. The zero-order valence-corrected chi connectivity index (χ0v) is 14.0. The number of pyridine rings is 1. The van der Waals surface area contributed by atoms with E-state index in [4.69, 9.17) is 26.5 Å². The first-order valence-electron chi connectivity index (χ1n) is 7.41. The number of nitrogens with zero attached hydrogens (tertiary/aromatic N) is 1. The predicted octanol–water partition coefficient (Wildman–Crippen LogP) is 3.49. The van der Waals surface area contributed by atoms with Gasteiger partial charge in [-0.05, 0) is 37.3 Å². The van der Waals surface area contributed by atoms with Crippen LogP contribution in [-0.4, -0.2) is 23.5 Å². The maximum absolute atomic E-state index is 12.4. The van der Waals surface area contributed by atoms with Crippen LogP contribution in [0.4, 0.5) is 11.5 Å². The first kappa shape index (κ1) is 16.8. The quantitative estimate of drug-likeness (QED) is 0.690. The molecule has 0 bridgehead atoms. The number of nitrogens with one attached hydrogen (secondary N) is 1. The number of hydrogen-bond donors (Lipinski definition) is 2. The number of amides is 1. The number of halogens is 1. The smallest absolute Gasteiger partial charge is 0.338 e. The number of nitrogens with two attached hydrogens (primary N) is 1. The van der Waals surface area contributed by atoms with Gasteiger partial charge in [-0.2, -0.15) is 0 Å². The molecule has 0 saturated carbocycles. The average molecular weight is 360 g/mol. The molecule has 0 atom stereocenters. The first-order valence-corrected chi connectivity index (χ1v) is 7.79. The maximum Gasteiger partial charge on any atom is 0.338 e. The van der Waals surface area contributed by atoms with Gasteiger partial charge in [0.05, 0.1) is 22.9 Å². The van der Waals surface area contributed by atoms with Crippen LogP contribution >= 0.6 is 11.6 Å². The Morgan fingerprint density at radius 2 is 2.12 bits per heavy atom. The van der Waals surface area contributed by atoms with Gasteiger partial charge in [0, 0.05) is 11.6 Å². The Labute approximate surface area is 147 Å². The van der Waals surface area contributed by atoms with Gasteiger partial charge in [-0.15, -0.1) is 0 Å². The molecule has 128 valence electrons. The van der Waals surface area contributed by atoms with E-state index in [1.54, 1.807) is 31.2 Å². The molecule has 0 fully saturated rings. The lowest BCUT2D eigenvalue weighted by Crippen LogP contribution is -2.13. The molecule has 0 unspecified atom stereocenters. The van der Waals surface area contributed by atoms with E-state index in [9.17, 15) is 9.59 Å². The van der Waals surface area contributed by atoms with E-state index in [1.807, 2.05) is 0 Å². The van der Waals surface area contributed by atoms with Crippen LogP contribution in [0.25, 0.3) is 11.0 Å². The third kappa shape index (κ3) is 3.41. The molecule has 1 amide bonds.